The Morgan fingerprint density at radius 1 is 1.25 bits per heavy atom. The number of fused-ring (bicyclic) bond motifs is 1. The number of hydrogen-bond acceptors (Lipinski definition) is 5. The molecule has 2 aliphatic heterocycles. The zero-order chi connectivity index (χ0) is 21.1. The van der Waals surface area contributed by atoms with Gasteiger partial charge in [0.05, 0.1) is 0 Å². The summed E-state index contributed by atoms with van der Waals surface area (Å²) >= 11 is 1.72. The number of thioether (sulfide) groups is 1. The van der Waals surface area contributed by atoms with Crippen LogP contribution in [-0.4, -0.2) is 34.3 Å². The quantitative estimate of drug-likeness (QED) is 0.643. The summed E-state index contributed by atoms with van der Waals surface area (Å²) in [4.78, 5) is 22.8. The second kappa shape index (κ2) is 8.85. The van der Waals surface area contributed by atoms with Gasteiger partial charge < -0.3 is 10.5 Å². The number of carbonyl (C=O) groups excluding carboxylic acids is 2. The average molecular weight is 423 g/mol. The normalized spacial score (nSPS) is 16.4. The van der Waals surface area contributed by atoms with Crippen molar-refractivity contribution in [1.82, 2.24) is 0 Å². The van der Waals surface area contributed by atoms with Crippen LogP contribution in [0.3, 0.4) is 0 Å². The van der Waals surface area contributed by atoms with Gasteiger partial charge in [-0.2, -0.15) is 0 Å². The van der Waals surface area contributed by atoms with E-state index in [0.717, 1.165) is 40.7 Å². The summed E-state index contributed by atoms with van der Waals surface area (Å²) in [5.41, 5.74) is 8.38. The fourth-order valence-corrected chi connectivity index (χ4v) is 4.16. The predicted molar refractivity (Wildman–Crippen MR) is 117 cm³/mol. The minimum Gasteiger partial charge on any atom is -0.444 e. The Balaban J connectivity index is 0.000000300. The van der Waals surface area contributed by atoms with Crippen molar-refractivity contribution in [2.45, 2.75) is 58.5 Å². The number of nitrogens with one attached hydrogen (secondary N) is 1. The molecule has 0 fully saturated rings. The van der Waals surface area contributed by atoms with Crippen LogP contribution in [0.4, 0.5) is 10.5 Å². The van der Waals surface area contributed by atoms with E-state index < -0.39 is 11.7 Å². The number of primary amides is 1. The Hall–Kier alpha value is -1.56. The SMILES string of the molecule is CC(C)(C)C1=[P+]=C(c2ccc3c(c2)NC(=O)CCS3)O1.CC(C)(C)OC(N)=O. The Bertz CT molecular complexity index is 847. The Kier molecular flexibility index (Phi) is 7.18. The molecule has 8 heteroatoms. The van der Waals surface area contributed by atoms with Crippen LogP contribution in [0.1, 0.15) is 53.5 Å². The fourth-order valence-electron chi connectivity index (χ4n) is 2.29. The maximum absolute atomic E-state index is 11.6. The maximum Gasteiger partial charge on any atom is 0.405 e. The van der Waals surface area contributed by atoms with Crippen LogP contribution in [0.2, 0.25) is 0 Å². The van der Waals surface area contributed by atoms with Gasteiger partial charge in [0.1, 0.15) is 5.60 Å². The molecule has 0 unspecified atom stereocenters. The van der Waals surface area contributed by atoms with Gasteiger partial charge in [0.25, 0.3) is 0 Å². The summed E-state index contributed by atoms with van der Waals surface area (Å²) in [5.74, 6) is 0.929. The number of carbonyl (C=O) groups is 2. The van der Waals surface area contributed by atoms with E-state index in [-0.39, 0.29) is 11.3 Å². The molecule has 6 nitrogen and oxygen atoms in total. The topological polar surface area (TPSA) is 90.7 Å². The van der Waals surface area contributed by atoms with Gasteiger partial charge in [-0.05, 0) is 20.8 Å². The number of amides is 2. The smallest absolute Gasteiger partial charge is 0.405 e. The molecule has 2 heterocycles. The van der Waals surface area contributed by atoms with Crippen molar-refractivity contribution >= 4 is 48.2 Å². The van der Waals surface area contributed by atoms with E-state index in [4.69, 9.17) is 10.5 Å². The zero-order valence-corrected chi connectivity index (χ0v) is 18.9. The first-order chi connectivity index (χ1) is 12.8. The standard InChI is InChI=1S/C15H16NO2PS.C5H11NO2/c1-15(2,3)14-18-13(19-14)9-4-5-11-10(8-9)16-12(17)6-7-20-11;1-5(2,3)8-4(6)7/h4-5,8H,6-7H2,1-3H3;1-3H3,(H2,6,7)/p+1. The fraction of sp³-hybridized carbons (Fsp3) is 0.500. The molecular weight excluding hydrogens is 395 g/mol. The summed E-state index contributed by atoms with van der Waals surface area (Å²) in [5, 5.41) is 2.97. The number of anilines is 1. The maximum atomic E-state index is 11.6. The van der Waals surface area contributed by atoms with Crippen LogP contribution >= 0.6 is 19.6 Å². The molecule has 152 valence electrons. The monoisotopic (exact) mass is 423 g/mol. The van der Waals surface area contributed by atoms with E-state index in [1.807, 2.05) is 6.07 Å². The average Bonchev–Trinajstić information content (AvgIpc) is 2.62. The number of rotatable bonds is 1. The third-order valence-corrected chi connectivity index (χ3v) is 6.13. The first-order valence-electron chi connectivity index (χ1n) is 9.05. The Morgan fingerprint density at radius 2 is 1.89 bits per heavy atom. The third kappa shape index (κ3) is 6.80. The molecule has 1 aromatic rings. The van der Waals surface area contributed by atoms with Gasteiger partial charge in [-0.15, -0.1) is 0 Å². The third-order valence-electron chi connectivity index (χ3n) is 3.53. The van der Waals surface area contributed by atoms with Crippen molar-refractivity contribution in [3.8, 4) is 0 Å². The molecule has 0 aliphatic carbocycles. The Labute approximate surface area is 172 Å². The summed E-state index contributed by atoms with van der Waals surface area (Å²) in [6.45, 7) is 11.7. The Morgan fingerprint density at radius 3 is 2.39 bits per heavy atom. The molecule has 0 saturated heterocycles. The molecular formula is C20H28N2O4PS+. The van der Waals surface area contributed by atoms with Crippen LogP contribution in [0.5, 0.6) is 0 Å². The molecule has 28 heavy (non-hydrogen) atoms. The summed E-state index contributed by atoms with van der Waals surface area (Å²) in [6, 6.07) is 6.17. The van der Waals surface area contributed by atoms with E-state index in [0.29, 0.717) is 6.42 Å². The van der Waals surface area contributed by atoms with E-state index in [1.165, 1.54) is 0 Å². The molecule has 0 atom stereocenters. The molecule has 2 amide bonds. The second-order valence-electron chi connectivity index (χ2n) is 8.47. The van der Waals surface area contributed by atoms with Gasteiger partial charge >= 0.3 is 130 Å². The van der Waals surface area contributed by atoms with Gasteiger partial charge in [0.2, 0.25) is 0 Å². The minimum atomic E-state index is -0.725. The van der Waals surface area contributed by atoms with E-state index >= 15 is 0 Å². The number of benzene rings is 1. The van der Waals surface area contributed by atoms with Crippen molar-refractivity contribution in [2.24, 2.45) is 11.1 Å². The summed E-state index contributed by atoms with van der Waals surface area (Å²) < 4.78 is 10.4. The van der Waals surface area contributed by atoms with Crippen LogP contribution in [-0.2, 0) is 14.3 Å². The van der Waals surface area contributed by atoms with Crippen molar-refractivity contribution in [1.29, 1.82) is 0 Å². The largest absolute Gasteiger partial charge is 0.444 e. The van der Waals surface area contributed by atoms with Crippen LogP contribution in [0, 0.1) is 5.41 Å². The van der Waals surface area contributed by atoms with E-state index in [1.54, 1.807) is 32.5 Å². The van der Waals surface area contributed by atoms with Gasteiger partial charge in [0, 0.05) is 0 Å². The molecule has 0 spiro atoms. The first-order valence-corrected chi connectivity index (χ1v) is 10.9. The van der Waals surface area contributed by atoms with E-state index in [2.05, 4.69) is 43.0 Å². The van der Waals surface area contributed by atoms with Gasteiger partial charge in [0.15, 0.2) is 0 Å². The minimum absolute atomic E-state index is 0.0841. The van der Waals surface area contributed by atoms with Crippen LogP contribution in [0.15, 0.2) is 23.1 Å². The van der Waals surface area contributed by atoms with Gasteiger partial charge in [-0.25, -0.2) is 4.79 Å². The molecule has 0 aromatic heterocycles. The van der Waals surface area contributed by atoms with Crippen molar-refractivity contribution in [3.63, 3.8) is 0 Å². The van der Waals surface area contributed by atoms with Gasteiger partial charge in [-0.3, -0.25) is 0 Å². The molecule has 3 N–H and O–H groups in total. The van der Waals surface area contributed by atoms with Gasteiger partial charge in [-0.1, -0.05) is 0 Å². The van der Waals surface area contributed by atoms with Crippen LogP contribution in [0.25, 0.3) is 0 Å². The van der Waals surface area contributed by atoms with Crippen LogP contribution < -0.4 is 11.1 Å². The van der Waals surface area contributed by atoms with Crippen molar-refractivity contribution in [3.05, 3.63) is 23.8 Å². The first kappa shape index (κ1) is 22.7. The number of ether oxygens (including phenoxy) is 2. The molecule has 2 aliphatic rings. The molecule has 1 aromatic carbocycles. The number of hydrogen-bond donors (Lipinski definition) is 2. The van der Waals surface area contributed by atoms with Crippen molar-refractivity contribution in [2.75, 3.05) is 11.1 Å². The molecule has 0 radical (unpaired) electrons. The number of nitrogens with two attached hydrogens (primary N) is 1. The summed E-state index contributed by atoms with van der Waals surface area (Å²) in [7, 11) is 1.16. The molecule has 0 bridgehead atoms. The second-order valence-corrected chi connectivity index (χ2v) is 10.6. The summed E-state index contributed by atoms with van der Waals surface area (Å²) in [6.07, 6.45) is -0.153. The van der Waals surface area contributed by atoms with Crippen molar-refractivity contribution < 1.29 is 19.1 Å². The zero-order valence-electron chi connectivity index (χ0n) is 17.2. The molecule has 0 saturated carbocycles. The predicted octanol–water partition coefficient (Wildman–Crippen LogP) is 4.63. The molecule has 3 rings (SSSR count). The van der Waals surface area contributed by atoms with E-state index in [9.17, 15) is 9.59 Å².